The highest BCUT2D eigenvalue weighted by Gasteiger charge is 2.26. The monoisotopic (exact) mass is 298 g/mol. The summed E-state index contributed by atoms with van der Waals surface area (Å²) < 4.78 is 5.20. The average Bonchev–Trinajstić information content (AvgIpc) is 3.07. The van der Waals surface area contributed by atoms with Crippen LogP contribution >= 0.6 is 0 Å². The van der Waals surface area contributed by atoms with E-state index in [-0.39, 0.29) is 11.8 Å². The maximum absolute atomic E-state index is 12.4. The number of ether oxygens (including phenoxy) is 1. The molecule has 1 aliphatic rings. The van der Waals surface area contributed by atoms with E-state index in [9.17, 15) is 4.79 Å². The first-order valence-corrected chi connectivity index (χ1v) is 7.92. The highest BCUT2D eigenvalue weighted by Crippen LogP contribution is 2.32. The lowest BCUT2D eigenvalue weighted by Gasteiger charge is -2.18. The Balaban J connectivity index is 1.76. The number of carbonyl (C=O) groups is 1. The third kappa shape index (κ3) is 3.06. The summed E-state index contributed by atoms with van der Waals surface area (Å²) in [7, 11) is 1.62. The number of hydrogen-bond acceptors (Lipinski definition) is 3. The molecule has 1 saturated carbocycles. The van der Waals surface area contributed by atoms with Crippen LogP contribution < -0.4 is 10.1 Å². The van der Waals surface area contributed by atoms with Gasteiger partial charge in [0.1, 0.15) is 5.75 Å². The Morgan fingerprint density at radius 2 is 2.09 bits per heavy atom. The van der Waals surface area contributed by atoms with Gasteiger partial charge in [0.15, 0.2) is 0 Å². The lowest BCUT2D eigenvalue weighted by molar-refractivity contribution is -0.120. The van der Waals surface area contributed by atoms with Crippen LogP contribution in [0.5, 0.6) is 5.75 Å². The first-order chi connectivity index (χ1) is 10.7. The number of carbonyl (C=O) groups excluding carboxylic acids is 1. The predicted molar refractivity (Wildman–Crippen MR) is 88.0 cm³/mol. The summed E-state index contributed by atoms with van der Waals surface area (Å²) in [6, 6.07) is 7.70. The van der Waals surface area contributed by atoms with Gasteiger partial charge in [0.05, 0.1) is 18.8 Å². The van der Waals surface area contributed by atoms with Gasteiger partial charge < -0.3 is 10.1 Å². The fraction of sp³-hybridized carbons (Fsp3) is 0.444. The summed E-state index contributed by atoms with van der Waals surface area (Å²) in [6.07, 6.45) is 6.55. The lowest BCUT2D eigenvalue weighted by Crippen LogP contribution is -2.25. The molecule has 1 fully saturated rings. The zero-order valence-electron chi connectivity index (χ0n) is 13.1. The van der Waals surface area contributed by atoms with Crippen LogP contribution in [0.15, 0.2) is 30.5 Å². The number of amides is 1. The van der Waals surface area contributed by atoms with Gasteiger partial charge in [-0.3, -0.25) is 9.78 Å². The molecule has 4 heteroatoms. The SMILES string of the molecule is COc1cnc2ccc(NC(=O)C(C)C3CCCC3)cc2c1. The van der Waals surface area contributed by atoms with E-state index < -0.39 is 0 Å². The zero-order chi connectivity index (χ0) is 15.5. The van der Waals surface area contributed by atoms with Crippen LogP contribution in [0.1, 0.15) is 32.6 Å². The molecule has 0 saturated heterocycles. The molecule has 0 bridgehead atoms. The minimum Gasteiger partial charge on any atom is -0.495 e. The van der Waals surface area contributed by atoms with E-state index in [4.69, 9.17) is 4.74 Å². The molecule has 1 heterocycles. The number of pyridine rings is 1. The Labute approximate surface area is 130 Å². The van der Waals surface area contributed by atoms with E-state index >= 15 is 0 Å². The second-order valence-corrected chi connectivity index (χ2v) is 6.11. The van der Waals surface area contributed by atoms with E-state index in [1.54, 1.807) is 13.3 Å². The van der Waals surface area contributed by atoms with Crippen molar-refractivity contribution in [1.29, 1.82) is 0 Å². The number of aromatic nitrogens is 1. The van der Waals surface area contributed by atoms with Crippen molar-refractivity contribution in [3.8, 4) is 5.75 Å². The predicted octanol–water partition coefficient (Wildman–Crippen LogP) is 4.01. The number of fused-ring (bicyclic) bond motifs is 1. The quantitative estimate of drug-likeness (QED) is 0.928. The molecule has 0 aliphatic heterocycles. The smallest absolute Gasteiger partial charge is 0.227 e. The highest BCUT2D eigenvalue weighted by atomic mass is 16.5. The van der Waals surface area contributed by atoms with Gasteiger partial charge in [-0.25, -0.2) is 0 Å². The Morgan fingerprint density at radius 1 is 1.32 bits per heavy atom. The number of methoxy groups -OCH3 is 1. The van der Waals surface area contributed by atoms with Crippen LogP contribution in [0.25, 0.3) is 10.9 Å². The fourth-order valence-electron chi connectivity index (χ4n) is 3.23. The van der Waals surface area contributed by atoms with Crippen LogP contribution in [0.3, 0.4) is 0 Å². The van der Waals surface area contributed by atoms with Gasteiger partial charge in [-0.15, -0.1) is 0 Å². The fourth-order valence-corrected chi connectivity index (χ4v) is 3.23. The molecule has 1 amide bonds. The van der Waals surface area contributed by atoms with E-state index in [2.05, 4.69) is 10.3 Å². The molecule has 116 valence electrons. The van der Waals surface area contributed by atoms with Gasteiger partial charge in [0.2, 0.25) is 5.91 Å². The molecule has 3 rings (SSSR count). The molecule has 1 aliphatic carbocycles. The summed E-state index contributed by atoms with van der Waals surface area (Å²) in [6.45, 7) is 2.04. The van der Waals surface area contributed by atoms with E-state index in [1.165, 1.54) is 25.7 Å². The number of nitrogens with zero attached hydrogens (tertiary/aromatic N) is 1. The van der Waals surface area contributed by atoms with Crippen LogP contribution in [0, 0.1) is 11.8 Å². The summed E-state index contributed by atoms with van der Waals surface area (Å²) in [4.78, 5) is 16.7. The van der Waals surface area contributed by atoms with Crippen LogP contribution in [0.2, 0.25) is 0 Å². The number of anilines is 1. The molecular weight excluding hydrogens is 276 g/mol. The maximum Gasteiger partial charge on any atom is 0.227 e. The topological polar surface area (TPSA) is 51.2 Å². The van der Waals surface area contributed by atoms with E-state index in [0.717, 1.165) is 22.3 Å². The van der Waals surface area contributed by atoms with Crippen molar-refractivity contribution in [3.05, 3.63) is 30.5 Å². The molecule has 1 aromatic carbocycles. The molecule has 1 unspecified atom stereocenters. The first kappa shape index (κ1) is 14.8. The number of benzene rings is 1. The highest BCUT2D eigenvalue weighted by molar-refractivity contribution is 5.95. The first-order valence-electron chi connectivity index (χ1n) is 7.92. The van der Waals surface area contributed by atoms with Gasteiger partial charge in [-0.1, -0.05) is 19.8 Å². The molecule has 4 nitrogen and oxygen atoms in total. The Bertz CT molecular complexity index is 678. The summed E-state index contributed by atoms with van der Waals surface area (Å²) in [5.41, 5.74) is 1.71. The van der Waals surface area contributed by atoms with E-state index in [0.29, 0.717) is 5.92 Å². The van der Waals surface area contributed by atoms with Crippen molar-refractivity contribution < 1.29 is 9.53 Å². The number of hydrogen-bond donors (Lipinski definition) is 1. The molecule has 2 aromatic rings. The molecule has 0 radical (unpaired) electrons. The van der Waals surface area contributed by atoms with Gasteiger partial charge in [0, 0.05) is 17.0 Å². The van der Waals surface area contributed by atoms with Crippen molar-refractivity contribution in [2.75, 3.05) is 12.4 Å². The van der Waals surface area contributed by atoms with Gasteiger partial charge in [0.25, 0.3) is 0 Å². The van der Waals surface area contributed by atoms with Crippen LogP contribution in [0.4, 0.5) is 5.69 Å². The lowest BCUT2D eigenvalue weighted by atomic mass is 9.92. The number of nitrogens with one attached hydrogen (secondary N) is 1. The Morgan fingerprint density at radius 3 is 2.82 bits per heavy atom. The van der Waals surface area contributed by atoms with Gasteiger partial charge >= 0.3 is 0 Å². The third-order valence-corrected chi connectivity index (χ3v) is 4.68. The van der Waals surface area contributed by atoms with Crippen molar-refractivity contribution in [2.45, 2.75) is 32.6 Å². The van der Waals surface area contributed by atoms with Crippen molar-refractivity contribution in [1.82, 2.24) is 4.98 Å². The number of rotatable bonds is 4. The van der Waals surface area contributed by atoms with Crippen molar-refractivity contribution in [2.24, 2.45) is 11.8 Å². The standard InChI is InChI=1S/C18H22N2O2/c1-12(13-5-3-4-6-13)18(21)20-15-7-8-17-14(9-15)10-16(22-2)11-19-17/h7-13H,3-6H2,1-2H3,(H,20,21). The van der Waals surface area contributed by atoms with Crippen molar-refractivity contribution >= 4 is 22.5 Å². The second-order valence-electron chi connectivity index (χ2n) is 6.11. The molecular formula is C18H22N2O2. The summed E-state index contributed by atoms with van der Waals surface area (Å²) in [5, 5.41) is 4.00. The van der Waals surface area contributed by atoms with Gasteiger partial charge in [-0.05, 0) is 43.0 Å². The minimum atomic E-state index is 0.0710. The molecule has 22 heavy (non-hydrogen) atoms. The Kier molecular flexibility index (Phi) is 4.27. The van der Waals surface area contributed by atoms with Gasteiger partial charge in [-0.2, -0.15) is 0 Å². The molecule has 1 atom stereocenters. The Hall–Kier alpha value is -2.10. The van der Waals surface area contributed by atoms with Crippen molar-refractivity contribution in [3.63, 3.8) is 0 Å². The van der Waals surface area contributed by atoms with E-state index in [1.807, 2.05) is 31.2 Å². The minimum absolute atomic E-state index is 0.0710. The average molecular weight is 298 g/mol. The normalized spacial score (nSPS) is 16.6. The third-order valence-electron chi connectivity index (χ3n) is 4.68. The summed E-state index contributed by atoms with van der Waals surface area (Å²) in [5.74, 6) is 1.43. The molecule has 1 N–H and O–H groups in total. The van der Waals surface area contributed by atoms with Crippen LogP contribution in [-0.4, -0.2) is 18.0 Å². The molecule has 0 spiro atoms. The zero-order valence-corrected chi connectivity index (χ0v) is 13.1. The van der Waals surface area contributed by atoms with Crippen LogP contribution in [-0.2, 0) is 4.79 Å². The molecule has 1 aromatic heterocycles. The summed E-state index contributed by atoms with van der Waals surface area (Å²) >= 11 is 0. The maximum atomic E-state index is 12.4. The second kappa shape index (κ2) is 6.34. The largest absolute Gasteiger partial charge is 0.495 e.